The van der Waals surface area contributed by atoms with Gasteiger partial charge in [0, 0.05) is 37.0 Å². The monoisotopic (exact) mass is 315 g/mol. The number of anilines is 2. The zero-order valence-corrected chi connectivity index (χ0v) is 13.0. The highest BCUT2D eigenvalue weighted by atomic mass is 19.1. The van der Waals surface area contributed by atoms with Gasteiger partial charge < -0.3 is 15.1 Å². The number of methoxy groups -OCH3 is 1. The molecule has 1 aliphatic heterocycles. The number of carbonyl (C=O) groups is 1. The van der Waals surface area contributed by atoms with Crippen molar-refractivity contribution in [3.8, 4) is 0 Å². The SMILES string of the molecule is COC(=O)c1ccc(CNc2cccc3c2CNN3C)c(F)c1. The fraction of sp³-hybridized carbons (Fsp3) is 0.235. The maximum Gasteiger partial charge on any atom is 0.337 e. The fourth-order valence-corrected chi connectivity index (χ4v) is 2.65. The average Bonchev–Trinajstić information content (AvgIpc) is 2.95. The van der Waals surface area contributed by atoms with Gasteiger partial charge in [-0.3, -0.25) is 0 Å². The third-order valence-electron chi connectivity index (χ3n) is 3.95. The van der Waals surface area contributed by atoms with E-state index < -0.39 is 11.8 Å². The number of hydrazine groups is 1. The predicted octanol–water partition coefficient (Wildman–Crippen LogP) is 2.68. The van der Waals surface area contributed by atoms with Crippen LogP contribution in [0, 0.1) is 5.82 Å². The lowest BCUT2D eigenvalue weighted by Crippen LogP contribution is -2.26. The van der Waals surface area contributed by atoms with Gasteiger partial charge in [-0.15, -0.1) is 0 Å². The normalized spacial score (nSPS) is 12.9. The smallest absolute Gasteiger partial charge is 0.337 e. The molecule has 0 bridgehead atoms. The summed E-state index contributed by atoms with van der Waals surface area (Å²) in [6.45, 7) is 1.08. The zero-order chi connectivity index (χ0) is 16.4. The Morgan fingerprint density at radius 3 is 2.96 bits per heavy atom. The van der Waals surface area contributed by atoms with Crippen molar-refractivity contribution in [2.45, 2.75) is 13.1 Å². The van der Waals surface area contributed by atoms with Crippen molar-refractivity contribution in [1.82, 2.24) is 5.43 Å². The molecule has 0 radical (unpaired) electrons. The van der Waals surface area contributed by atoms with E-state index in [1.54, 1.807) is 12.1 Å². The quantitative estimate of drug-likeness (QED) is 0.850. The molecule has 0 aliphatic carbocycles. The first kappa shape index (κ1) is 15.3. The van der Waals surface area contributed by atoms with E-state index in [1.807, 2.05) is 30.3 Å². The van der Waals surface area contributed by atoms with E-state index in [-0.39, 0.29) is 5.56 Å². The van der Waals surface area contributed by atoms with Crippen molar-refractivity contribution in [1.29, 1.82) is 0 Å². The molecule has 6 heteroatoms. The van der Waals surface area contributed by atoms with E-state index in [0.29, 0.717) is 12.1 Å². The highest BCUT2D eigenvalue weighted by Gasteiger charge is 2.18. The van der Waals surface area contributed by atoms with Gasteiger partial charge in [0.25, 0.3) is 0 Å². The molecule has 5 nitrogen and oxygen atoms in total. The van der Waals surface area contributed by atoms with E-state index in [1.165, 1.54) is 13.2 Å². The Labute approximate surface area is 134 Å². The first-order chi connectivity index (χ1) is 11.1. The number of nitrogens with one attached hydrogen (secondary N) is 2. The maximum absolute atomic E-state index is 14.1. The Hall–Kier alpha value is -2.60. The zero-order valence-electron chi connectivity index (χ0n) is 13.0. The molecule has 0 aromatic heterocycles. The molecule has 23 heavy (non-hydrogen) atoms. The first-order valence-corrected chi connectivity index (χ1v) is 7.30. The van der Waals surface area contributed by atoms with Crippen molar-refractivity contribution in [3.05, 3.63) is 58.9 Å². The number of nitrogens with zero attached hydrogens (tertiary/aromatic N) is 1. The van der Waals surface area contributed by atoms with Crippen molar-refractivity contribution in [2.75, 3.05) is 24.5 Å². The van der Waals surface area contributed by atoms with Crippen LogP contribution < -0.4 is 15.8 Å². The molecule has 120 valence electrons. The third-order valence-corrected chi connectivity index (χ3v) is 3.95. The fourth-order valence-electron chi connectivity index (χ4n) is 2.65. The molecule has 0 fully saturated rings. The number of fused-ring (bicyclic) bond motifs is 1. The third kappa shape index (κ3) is 2.98. The summed E-state index contributed by atoms with van der Waals surface area (Å²) in [6, 6.07) is 10.3. The summed E-state index contributed by atoms with van der Waals surface area (Å²) in [5.41, 5.74) is 7.16. The average molecular weight is 315 g/mol. The minimum absolute atomic E-state index is 0.208. The number of carbonyl (C=O) groups excluding carboxylic acids is 1. The van der Waals surface area contributed by atoms with Gasteiger partial charge in [-0.2, -0.15) is 0 Å². The van der Waals surface area contributed by atoms with Crippen LogP contribution in [0.4, 0.5) is 15.8 Å². The van der Waals surface area contributed by atoms with E-state index in [4.69, 9.17) is 0 Å². The molecule has 0 saturated heterocycles. The van der Waals surface area contributed by atoms with Crippen LogP contribution >= 0.6 is 0 Å². The van der Waals surface area contributed by atoms with Crippen molar-refractivity contribution < 1.29 is 13.9 Å². The molecule has 2 aromatic rings. The van der Waals surface area contributed by atoms with Crippen LogP contribution in [0.1, 0.15) is 21.5 Å². The molecule has 0 unspecified atom stereocenters. The largest absolute Gasteiger partial charge is 0.465 e. The number of ether oxygens (including phenoxy) is 1. The van der Waals surface area contributed by atoms with Gasteiger partial charge in [0.1, 0.15) is 5.82 Å². The molecular formula is C17H18FN3O2. The van der Waals surface area contributed by atoms with Crippen LogP contribution in [-0.4, -0.2) is 20.1 Å². The van der Waals surface area contributed by atoms with Crippen LogP contribution in [0.2, 0.25) is 0 Å². The summed E-state index contributed by atoms with van der Waals surface area (Å²) in [4.78, 5) is 11.4. The van der Waals surface area contributed by atoms with Gasteiger partial charge in [-0.1, -0.05) is 12.1 Å². The highest BCUT2D eigenvalue weighted by molar-refractivity contribution is 5.89. The minimum atomic E-state index is -0.543. The van der Waals surface area contributed by atoms with Crippen LogP contribution in [0.25, 0.3) is 0 Å². The molecule has 1 aliphatic rings. The Kier molecular flexibility index (Phi) is 4.16. The van der Waals surface area contributed by atoms with E-state index in [9.17, 15) is 9.18 Å². The van der Waals surface area contributed by atoms with Gasteiger partial charge in [-0.25, -0.2) is 14.6 Å². The maximum atomic E-state index is 14.1. The molecule has 0 amide bonds. The Morgan fingerprint density at radius 2 is 2.22 bits per heavy atom. The standard InChI is InChI=1S/C17H18FN3O2/c1-21-16-5-3-4-15(13(16)10-20-21)19-9-12-7-6-11(8-14(12)18)17(22)23-2/h3-8,19-20H,9-10H2,1-2H3. The van der Waals surface area contributed by atoms with Gasteiger partial charge in [-0.05, 0) is 24.3 Å². The molecule has 2 aromatic carbocycles. The number of benzene rings is 2. The van der Waals surface area contributed by atoms with Crippen molar-refractivity contribution in [3.63, 3.8) is 0 Å². The van der Waals surface area contributed by atoms with Crippen LogP contribution in [-0.2, 0) is 17.8 Å². The second-order valence-electron chi connectivity index (χ2n) is 5.35. The number of hydrogen-bond donors (Lipinski definition) is 2. The van der Waals surface area contributed by atoms with Crippen molar-refractivity contribution >= 4 is 17.3 Å². The minimum Gasteiger partial charge on any atom is -0.465 e. The highest BCUT2D eigenvalue weighted by Crippen LogP contribution is 2.30. The number of hydrogen-bond acceptors (Lipinski definition) is 5. The van der Waals surface area contributed by atoms with Gasteiger partial charge in [0.05, 0.1) is 18.4 Å². The summed E-state index contributed by atoms with van der Waals surface area (Å²) in [7, 11) is 3.23. The molecule has 3 rings (SSSR count). The van der Waals surface area contributed by atoms with Gasteiger partial charge >= 0.3 is 5.97 Å². The second-order valence-corrected chi connectivity index (χ2v) is 5.35. The van der Waals surface area contributed by atoms with E-state index >= 15 is 0 Å². The van der Waals surface area contributed by atoms with Gasteiger partial charge in [0.15, 0.2) is 0 Å². The summed E-state index contributed by atoms with van der Waals surface area (Å²) in [5.74, 6) is -0.971. The molecule has 1 heterocycles. The van der Waals surface area contributed by atoms with E-state index in [0.717, 1.165) is 23.5 Å². The Morgan fingerprint density at radius 1 is 1.39 bits per heavy atom. The number of esters is 1. The molecular weight excluding hydrogens is 297 g/mol. The summed E-state index contributed by atoms with van der Waals surface area (Å²) in [6.07, 6.45) is 0. The predicted molar refractivity (Wildman–Crippen MR) is 86.8 cm³/mol. The molecule has 0 spiro atoms. The van der Waals surface area contributed by atoms with Gasteiger partial charge in [0.2, 0.25) is 0 Å². The van der Waals surface area contributed by atoms with Crippen LogP contribution in [0.15, 0.2) is 36.4 Å². The topological polar surface area (TPSA) is 53.6 Å². The van der Waals surface area contributed by atoms with Crippen LogP contribution in [0.5, 0.6) is 0 Å². The Bertz CT molecular complexity index is 749. The molecule has 0 saturated carbocycles. The van der Waals surface area contributed by atoms with Crippen LogP contribution in [0.3, 0.4) is 0 Å². The molecule has 0 atom stereocenters. The number of halogens is 1. The van der Waals surface area contributed by atoms with Crippen molar-refractivity contribution in [2.24, 2.45) is 0 Å². The molecule has 2 N–H and O–H groups in total. The lowest BCUT2D eigenvalue weighted by Gasteiger charge is -2.14. The first-order valence-electron chi connectivity index (χ1n) is 7.30. The summed E-state index contributed by atoms with van der Waals surface area (Å²) < 4.78 is 18.7. The number of rotatable bonds is 4. The summed E-state index contributed by atoms with van der Waals surface area (Å²) >= 11 is 0. The Balaban J connectivity index is 1.76. The summed E-state index contributed by atoms with van der Waals surface area (Å²) in [5, 5.41) is 5.23. The lowest BCUT2D eigenvalue weighted by atomic mass is 10.1. The second kappa shape index (κ2) is 6.26. The van der Waals surface area contributed by atoms with E-state index in [2.05, 4.69) is 15.5 Å². The lowest BCUT2D eigenvalue weighted by molar-refractivity contribution is 0.0600.